The first-order chi connectivity index (χ1) is 7.63. The minimum absolute atomic E-state index is 0.139. The number of imidazole rings is 1. The quantitative estimate of drug-likeness (QED) is 0.830. The summed E-state index contributed by atoms with van der Waals surface area (Å²) in [7, 11) is 0. The molecule has 1 aliphatic carbocycles. The summed E-state index contributed by atoms with van der Waals surface area (Å²) in [6.07, 6.45) is 7.50. The fourth-order valence-corrected chi connectivity index (χ4v) is 2.52. The maximum absolute atomic E-state index is 6.23. The van der Waals surface area contributed by atoms with E-state index in [-0.39, 0.29) is 6.04 Å². The summed E-state index contributed by atoms with van der Waals surface area (Å²) in [5.41, 5.74) is 7.45. The normalized spacial score (nSPS) is 26.1. The van der Waals surface area contributed by atoms with Crippen LogP contribution in [0.2, 0.25) is 0 Å². The molecule has 16 heavy (non-hydrogen) atoms. The lowest BCUT2D eigenvalue weighted by molar-refractivity contribution is 0.479. The topological polar surface area (TPSA) is 43.8 Å². The third-order valence-electron chi connectivity index (χ3n) is 3.57. The molecule has 0 saturated heterocycles. The summed E-state index contributed by atoms with van der Waals surface area (Å²) >= 11 is 0. The monoisotopic (exact) mass is 221 g/mol. The van der Waals surface area contributed by atoms with Crippen LogP contribution in [0.4, 0.5) is 0 Å². The van der Waals surface area contributed by atoms with Gasteiger partial charge in [0.2, 0.25) is 0 Å². The number of rotatable bonds is 5. The number of aromatic nitrogens is 2. The summed E-state index contributed by atoms with van der Waals surface area (Å²) in [5, 5.41) is 0. The molecule has 90 valence electrons. The molecule has 0 aliphatic heterocycles. The van der Waals surface area contributed by atoms with Crippen LogP contribution in [0.1, 0.15) is 57.8 Å². The van der Waals surface area contributed by atoms with Gasteiger partial charge in [-0.1, -0.05) is 27.2 Å². The average Bonchev–Trinajstić information content (AvgIpc) is 2.84. The van der Waals surface area contributed by atoms with Gasteiger partial charge in [0.1, 0.15) is 0 Å². The van der Waals surface area contributed by atoms with Crippen LogP contribution in [0.5, 0.6) is 0 Å². The SMILES string of the molecule is CCC1CC1n1cncc1C(N)CC(C)C. The van der Waals surface area contributed by atoms with E-state index in [4.69, 9.17) is 5.73 Å². The van der Waals surface area contributed by atoms with E-state index in [9.17, 15) is 0 Å². The van der Waals surface area contributed by atoms with Gasteiger partial charge in [0, 0.05) is 18.3 Å². The first-order valence-corrected chi connectivity index (χ1v) is 6.40. The van der Waals surface area contributed by atoms with Crippen LogP contribution < -0.4 is 5.73 Å². The van der Waals surface area contributed by atoms with Crippen LogP contribution in [0.3, 0.4) is 0 Å². The molecule has 0 aromatic carbocycles. The first kappa shape index (κ1) is 11.6. The van der Waals surface area contributed by atoms with Crippen molar-refractivity contribution in [1.29, 1.82) is 0 Å². The van der Waals surface area contributed by atoms with Crippen molar-refractivity contribution in [3.8, 4) is 0 Å². The van der Waals surface area contributed by atoms with Crippen LogP contribution in [-0.4, -0.2) is 9.55 Å². The van der Waals surface area contributed by atoms with Crippen LogP contribution in [0.15, 0.2) is 12.5 Å². The second-order valence-electron chi connectivity index (χ2n) is 5.43. The molecule has 0 bridgehead atoms. The van der Waals surface area contributed by atoms with Crippen molar-refractivity contribution in [2.24, 2.45) is 17.6 Å². The third kappa shape index (κ3) is 2.29. The Morgan fingerprint density at radius 3 is 2.88 bits per heavy atom. The Morgan fingerprint density at radius 1 is 1.56 bits per heavy atom. The molecule has 2 rings (SSSR count). The Kier molecular flexibility index (Phi) is 3.33. The van der Waals surface area contributed by atoms with Crippen molar-refractivity contribution in [2.75, 3.05) is 0 Å². The zero-order valence-corrected chi connectivity index (χ0v) is 10.6. The lowest BCUT2D eigenvalue weighted by atomic mass is 10.0. The van der Waals surface area contributed by atoms with E-state index in [0.29, 0.717) is 12.0 Å². The number of nitrogens with zero attached hydrogens (tertiary/aromatic N) is 2. The zero-order chi connectivity index (χ0) is 11.7. The molecule has 3 unspecified atom stereocenters. The predicted octanol–water partition coefficient (Wildman–Crippen LogP) is 2.90. The minimum Gasteiger partial charge on any atom is -0.330 e. The molecule has 1 aromatic heterocycles. The molecular weight excluding hydrogens is 198 g/mol. The van der Waals surface area contributed by atoms with Gasteiger partial charge in [-0.05, 0) is 24.7 Å². The predicted molar refractivity (Wildman–Crippen MR) is 66.0 cm³/mol. The maximum Gasteiger partial charge on any atom is 0.0951 e. The Balaban J connectivity index is 2.07. The Labute approximate surface area is 98.1 Å². The lowest BCUT2D eigenvalue weighted by Crippen LogP contribution is -2.17. The van der Waals surface area contributed by atoms with Crippen LogP contribution in [0.25, 0.3) is 0 Å². The fraction of sp³-hybridized carbons (Fsp3) is 0.769. The molecule has 0 amide bonds. The van der Waals surface area contributed by atoms with E-state index in [1.165, 1.54) is 18.5 Å². The molecule has 3 heteroatoms. The van der Waals surface area contributed by atoms with Gasteiger partial charge in [0.25, 0.3) is 0 Å². The van der Waals surface area contributed by atoms with Gasteiger partial charge in [-0.25, -0.2) is 4.98 Å². The van der Waals surface area contributed by atoms with Crippen molar-refractivity contribution in [3.05, 3.63) is 18.2 Å². The van der Waals surface area contributed by atoms with Crippen LogP contribution in [0, 0.1) is 11.8 Å². The highest BCUT2D eigenvalue weighted by atomic mass is 15.1. The fourth-order valence-electron chi connectivity index (χ4n) is 2.52. The molecule has 3 atom stereocenters. The second kappa shape index (κ2) is 4.58. The van der Waals surface area contributed by atoms with Gasteiger partial charge in [-0.15, -0.1) is 0 Å². The van der Waals surface area contributed by atoms with Crippen molar-refractivity contribution < 1.29 is 0 Å². The third-order valence-corrected chi connectivity index (χ3v) is 3.57. The summed E-state index contributed by atoms with van der Waals surface area (Å²) < 4.78 is 2.31. The first-order valence-electron chi connectivity index (χ1n) is 6.40. The Morgan fingerprint density at radius 2 is 2.31 bits per heavy atom. The van der Waals surface area contributed by atoms with E-state index in [2.05, 4.69) is 30.3 Å². The van der Waals surface area contributed by atoms with Gasteiger partial charge in [0.05, 0.1) is 12.0 Å². The van der Waals surface area contributed by atoms with E-state index in [0.717, 1.165) is 12.3 Å². The standard InChI is InChI=1S/C13H23N3/c1-4-10-6-12(10)16-8-15-7-13(16)11(14)5-9(2)3/h7-12H,4-6,14H2,1-3H3. The van der Waals surface area contributed by atoms with Crippen molar-refractivity contribution >= 4 is 0 Å². The molecule has 1 saturated carbocycles. The van der Waals surface area contributed by atoms with E-state index < -0.39 is 0 Å². The minimum atomic E-state index is 0.139. The largest absolute Gasteiger partial charge is 0.330 e. The maximum atomic E-state index is 6.23. The van der Waals surface area contributed by atoms with Gasteiger partial charge < -0.3 is 10.3 Å². The molecule has 2 N–H and O–H groups in total. The van der Waals surface area contributed by atoms with Crippen molar-refractivity contribution in [1.82, 2.24) is 9.55 Å². The van der Waals surface area contributed by atoms with E-state index in [1.54, 1.807) is 0 Å². The second-order valence-corrected chi connectivity index (χ2v) is 5.43. The molecular formula is C13H23N3. The zero-order valence-electron chi connectivity index (χ0n) is 10.6. The highest BCUT2D eigenvalue weighted by Gasteiger charge is 2.38. The van der Waals surface area contributed by atoms with E-state index >= 15 is 0 Å². The van der Waals surface area contributed by atoms with Gasteiger partial charge in [0.15, 0.2) is 0 Å². The highest BCUT2D eigenvalue weighted by Crippen LogP contribution is 2.46. The molecule has 1 aromatic rings. The number of nitrogens with two attached hydrogens (primary N) is 1. The lowest BCUT2D eigenvalue weighted by Gasteiger charge is -2.16. The van der Waals surface area contributed by atoms with Crippen LogP contribution >= 0.6 is 0 Å². The summed E-state index contributed by atoms with van der Waals surface area (Å²) in [6, 6.07) is 0.807. The van der Waals surface area contributed by atoms with Gasteiger partial charge in [-0.3, -0.25) is 0 Å². The van der Waals surface area contributed by atoms with Crippen LogP contribution in [-0.2, 0) is 0 Å². The number of hydrogen-bond donors (Lipinski definition) is 1. The van der Waals surface area contributed by atoms with Gasteiger partial charge >= 0.3 is 0 Å². The van der Waals surface area contributed by atoms with Gasteiger partial charge in [-0.2, -0.15) is 0 Å². The summed E-state index contributed by atoms with van der Waals surface area (Å²) in [4.78, 5) is 4.26. The smallest absolute Gasteiger partial charge is 0.0951 e. The summed E-state index contributed by atoms with van der Waals surface area (Å²) in [6.45, 7) is 6.69. The van der Waals surface area contributed by atoms with Crippen molar-refractivity contribution in [3.63, 3.8) is 0 Å². The molecule has 3 nitrogen and oxygen atoms in total. The molecule has 0 spiro atoms. The Hall–Kier alpha value is -0.830. The summed E-state index contributed by atoms with van der Waals surface area (Å²) in [5.74, 6) is 1.48. The average molecular weight is 221 g/mol. The molecule has 1 fully saturated rings. The molecule has 1 aliphatic rings. The van der Waals surface area contributed by atoms with E-state index in [1.807, 2.05) is 12.5 Å². The number of hydrogen-bond acceptors (Lipinski definition) is 2. The van der Waals surface area contributed by atoms with Crippen molar-refractivity contribution in [2.45, 2.75) is 52.1 Å². The highest BCUT2D eigenvalue weighted by molar-refractivity contribution is 5.10. The molecule has 1 heterocycles. The molecule has 0 radical (unpaired) electrons. The Bertz CT molecular complexity index is 343.